The Bertz CT molecular complexity index is 1110. The van der Waals surface area contributed by atoms with Gasteiger partial charge in [0, 0.05) is 27.2 Å². The maximum absolute atomic E-state index is 12.6. The first-order chi connectivity index (χ1) is 15.3. The van der Waals surface area contributed by atoms with E-state index in [1.807, 2.05) is 11.5 Å². The smallest absolute Gasteiger partial charge is 0.341 e. The Morgan fingerprint density at radius 1 is 1.34 bits per heavy atom. The molecule has 0 aliphatic heterocycles. The minimum atomic E-state index is -0.438. The Morgan fingerprint density at radius 2 is 2.12 bits per heavy atom. The van der Waals surface area contributed by atoms with E-state index < -0.39 is 5.97 Å². The molecule has 0 aliphatic rings. The summed E-state index contributed by atoms with van der Waals surface area (Å²) < 4.78 is 7.03. The van der Waals surface area contributed by atoms with Crippen LogP contribution in [0.5, 0.6) is 0 Å². The van der Waals surface area contributed by atoms with Crippen molar-refractivity contribution in [3.8, 4) is 11.4 Å². The van der Waals surface area contributed by atoms with Gasteiger partial charge in [0.25, 0.3) is 0 Å². The number of ether oxygens (including phenoxy) is 1. The van der Waals surface area contributed by atoms with E-state index >= 15 is 0 Å². The van der Waals surface area contributed by atoms with Crippen LogP contribution in [0.2, 0.25) is 0 Å². The highest BCUT2D eigenvalue weighted by Crippen LogP contribution is 2.32. The van der Waals surface area contributed by atoms with Gasteiger partial charge in [-0.15, -0.1) is 39.4 Å². The van der Waals surface area contributed by atoms with E-state index in [4.69, 9.17) is 4.74 Å². The van der Waals surface area contributed by atoms with Gasteiger partial charge >= 0.3 is 5.97 Å². The average molecular weight is 491 g/mol. The van der Waals surface area contributed by atoms with Crippen LogP contribution in [-0.2, 0) is 16.1 Å². The number of nitrogens with one attached hydrogen (secondary N) is 1. The minimum Gasteiger partial charge on any atom is -0.462 e. The third kappa shape index (κ3) is 5.67. The van der Waals surface area contributed by atoms with Crippen molar-refractivity contribution < 1.29 is 14.3 Å². The van der Waals surface area contributed by atoms with Crippen LogP contribution >= 0.6 is 34.4 Å². The molecule has 0 atom stereocenters. The molecule has 3 heterocycles. The van der Waals surface area contributed by atoms with Crippen LogP contribution in [0.3, 0.4) is 0 Å². The number of rotatable bonds is 10. The second-order valence-electron chi connectivity index (χ2n) is 7.26. The molecule has 10 heteroatoms. The zero-order valence-electron chi connectivity index (χ0n) is 18.5. The number of hydrogen-bond acceptors (Lipinski definition) is 8. The van der Waals surface area contributed by atoms with E-state index in [1.165, 1.54) is 28.0 Å². The molecule has 1 N–H and O–H groups in total. The predicted molar refractivity (Wildman–Crippen MR) is 132 cm³/mol. The number of aromatic nitrogens is 3. The van der Waals surface area contributed by atoms with Crippen LogP contribution in [-0.4, -0.2) is 39.0 Å². The zero-order valence-corrected chi connectivity index (χ0v) is 21.0. The first kappa shape index (κ1) is 24.2. The molecule has 0 aliphatic carbocycles. The van der Waals surface area contributed by atoms with Crippen LogP contribution in [0.4, 0.5) is 5.00 Å². The van der Waals surface area contributed by atoms with E-state index in [-0.39, 0.29) is 18.3 Å². The maximum atomic E-state index is 12.6. The summed E-state index contributed by atoms with van der Waals surface area (Å²) >= 11 is 4.35. The quantitative estimate of drug-likeness (QED) is 0.226. The Hall–Kier alpha value is -2.43. The fraction of sp³-hybridized carbons (Fsp3) is 0.364. The SMILES string of the molecule is C=CCn1c(SCC(=O)Nc2sc(C)cc2C(=O)OCC)nnc1-c1csc(C(C)C)c1. The van der Waals surface area contributed by atoms with Gasteiger partial charge in [-0.25, -0.2) is 4.79 Å². The van der Waals surface area contributed by atoms with E-state index in [0.29, 0.717) is 28.2 Å². The van der Waals surface area contributed by atoms with Gasteiger partial charge in [0.15, 0.2) is 11.0 Å². The van der Waals surface area contributed by atoms with E-state index in [9.17, 15) is 9.59 Å². The summed E-state index contributed by atoms with van der Waals surface area (Å²) in [6.07, 6.45) is 1.78. The number of aryl methyl sites for hydroxylation is 1. The van der Waals surface area contributed by atoms with E-state index in [2.05, 4.69) is 47.4 Å². The highest BCUT2D eigenvalue weighted by Gasteiger charge is 2.20. The third-order valence-electron chi connectivity index (χ3n) is 4.41. The third-order valence-corrected chi connectivity index (χ3v) is 7.58. The molecule has 170 valence electrons. The Labute approximate surface area is 199 Å². The van der Waals surface area contributed by atoms with Crippen molar-refractivity contribution in [3.05, 3.63) is 45.5 Å². The first-order valence-corrected chi connectivity index (χ1v) is 12.8. The van der Waals surface area contributed by atoms with Gasteiger partial charge in [-0.2, -0.15) is 0 Å². The lowest BCUT2D eigenvalue weighted by Gasteiger charge is -2.08. The molecular weight excluding hydrogens is 464 g/mol. The molecule has 3 rings (SSSR count). The molecule has 0 spiro atoms. The van der Waals surface area contributed by atoms with Crippen LogP contribution in [0.1, 0.15) is 46.8 Å². The van der Waals surface area contributed by atoms with Crippen molar-refractivity contribution in [3.63, 3.8) is 0 Å². The number of anilines is 1. The monoisotopic (exact) mass is 490 g/mol. The van der Waals surface area contributed by atoms with E-state index in [0.717, 1.165) is 16.3 Å². The standard InChI is InChI=1S/C22H26N4O3S3/c1-6-8-26-19(15-10-17(13(3)4)30-11-15)24-25-22(26)31-12-18(27)23-20-16(9-14(5)32-20)21(28)29-7-2/h6,9-11,13H,1,7-8,12H2,2-5H3,(H,23,27). The van der Waals surface area contributed by atoms with Crippen LogP contribution in [0.15, 0.2) is 35.3 Å². The molecule has 0 bridgehead atoms. The number of carbonyl (C=O) groups excluding carboxylic acids is 2. The number of esters is 1. The van der Waals surface area contributed by atoms with Gasteiger partial charge < -0.3 is 10.1 Å². The zero-order chi connectivity index (χ0) is 23.3. The van der Waals surface area contributed by atoms with Crippen molar-refractivity contribution in [1.29, 1.82) is 0 Å². The molecule has 3 aromatic heterocycles. The van der Waals surface area contributed by atoms with Gasteiger partial charge in [-0.05, 0) is 31.9 Å². The predicted octanol–water partition coefficient (Wildman–Crippen LogP) is 5.59. The van der Waals surface area contributed by atoms with Crippen LogP contribution in [0, 0.1) is 6.92 Å². The molecule has 0 radical (unpaired) electrons. The average Bonchev–Trinajstić information content (AvgIpc) is 3.45. The van der Waals surface area contributed by atoms with Crippen molar-refractivity contribution in [2.75, 3.05) is 17.7 Å². The Balaban J connectivity index is 1.72. The summed E-state index contributed by atoms with van der Waals surface area (Å²) in [6, 6.07) is 3.86. The summed E-state index contributed by atoms with van der Waals surface area (Å²) in [4.78, 5) is 26.9. The van der Waals surface area contributed by atoms with Gasteiger partial charge in [0.1, 0.15) is 5.00 Å². The van der Waals surface area contributed by atoms with Crippen molar-refractivity contribution in [2.24, 2.45) is 0 Å². The van der Waals surface area contributed by atoms with Crippen molar-refractivity contribution in [2.45, 2.75) is 45.3 Å². The summed E-state index contributed by atoms with van der Waals surface area (Å²) in [6.45, 7) is 12.6. The fourth-order valence-electron chi connectivity index (χ4n) is 2.94. The van der Waals surface area contributed by atoms with Gasteiger partial charge in [-0.1, -0.05) is 31.7 Å². The highest BCUT2D eigenvalue weighted by atomic mass is 32.2. The Kier molecular flexibility index (Phi) is 8.27. The lowest BCUT2D eigenvalue weighted by Crippen LogP contribution is -2.16. The fourth-order valence-corrected chi connectivity index (χ4v) is 5.50. The van der Waals surface area contributed by atoms with E-state index in [1.54, 1.807) is 30.4 Å². The molecule has 1 amide bonds. The topological polar surface area (TPSA) is 86.1 Å². The summed E-state index contributed by atoms with van der Waals surface area (Å²) in [7, 11) is 0. The lowest BCUT2D eigenvalue weighted by atomic mass is 10.1. The first-order valence-electron chi connectivity index (χ1n) is 10.2. The van der Waals surface area contributed by atoms with Gasteiger partial charge in [-0.3, -0.25) is 9.36 Å². The molecule has 7 nitrogen and oxygen atoms in total. The second kappa shape index (κ2) is 10.9. The molecule has 0 aromatic carbocycles. The number of thioether (sulfide) groups is 1. The molecule has 3 aromatic rings. The van der Waals surface area contributed by atoms with Crippen LogP contribution in [0.25, 0.3) is 11.4 Å². The van der Waals surface area contributed by atoms with Crippen molar-refractivity contribution >= 4 is 51.3 Å². The summed E-state index contributed by atoms with van der Waals surface area (Å²) in [5.74, 6) is 0.674. The highest BCUT2D eigenvalue weighted by molar-refractivity contribution is 7.99. The summed E-state index contributed by atoms with van der Waals surface area (Å²) in [5.41, 5.74) is 1.39. The largest absolute Gasteiger partial charge is 0.462 e. The summed E-state index contributed by atoms with van der Waals surface area (Å²) in [5, 5.41) is 14.7. The molecule has 32 heavy (non-hydrogen) atoms. The van der Waals surface area contributed by atoms with Crippen LogP contribution < -0.4 is 5.32 Å². The second-order valence-corrected chi connectivity index (χ2v) is 10.4. The van der Waals surface area contributed by atoms with Gasteiger partial charge in [0.05, 0.1) is 17.9 Å². The normalized spacial score (nSPS) is 11.0. The number of nitrogens with zero attached hydrogens (tertiary/aromatic N) is 3. The molecular formula is C22H26N4O3S3. The number of allylic oxidation sites excluding steroid dienone is 1. The minimum absolute atomic E-state index is 0.134. The number of amides is 1. The Morgan fingerprint density at radius 3 is 2.78 bits per heavy atom. The van der Waals surface area contributed by atoms with Gasteiger partial charge in [0.2, 0.25) is 5.91 Å². The number of hydrogen-bond donors (Lipinski definition) is 1. The molecule has 0 saturated heterocycles. The maximum Gasteiger partial charge on any atom is 0.341 e. The molecule has 0 saturated carbocycles. The van der Waals surface area contributed by atoms with Crippen molar-refractivity contribution in [1.82, 2.24) is 14.8 Å². The number of thiophene rings is 2. The molecule has 0 unspecified atom stereocenters. The molecule has 0 fully saturated rings. The lowest BCUT2D eigenvalue weighted by molar-refractivity contribution is -0.113. The number of carbonyl (C=O) groups is 2.